The number of benzene rings is 2. The Morgan fingerprint density at radius 2 is 1.64 bits per heavy atom. The Labute approximate surface area is 152 Å². The van der Waals surface area contributed by atoms with E-state index in [0.29, 0.717) is 10.6 Å². The van der Waals surface area contributed by atoms with Crippen molar-refractivity contribution in [1.29, 1.82) is 0 Å². The molecule has 0 saturated heterocycles. The summed E-state index contributed by atoms with van der Waals surface area (Å²) in [6.07, 6.45) is 0.770. The summed E-state index contributed by atoms with van der Waals surface area (Å²) in [5.41, 5.74) is 3.23. The van der Waals surface area contributed by atoms with Crippen molar-refractivity contribution in [3.63, 3.8) is 0 Å². The molecule has 0 saturated carbocycles. The maximum absolute atomic E-state index is 12.3. The highest BCUT2D eigenvalue weighted by molar-refractivity contribution is 8.00. The molecule has 1 heterocycles. The third-order valence-corrected chi connectivity index (χ3v) is 6.74. The highest BCUT2D eigenvalue weighted by Crippen LogP contribution is 2.20. The molecular formula is C19H20N2O2S2. The molecule has 0 atom stereocenters. The summed E-state index contributed by atoms with van der Waals surface area (Å²) in [4.78, 5) is 8.23. The molecule has 25 heavy (non-hydrogen) atoms. The molecule has 1 aromatic heterocycles. The van der Waals surface area contributed by atoms with Crippen LogP contribution in [0.25, 0.3) is 0 Å². The first-order valence-electron chi connectivity index (χ1n) is 8.04. The van der Waals surface area contributed by atoms with Crippen LogP contribution < -0.4 is 0 Å². The second-order valence-corrected chi connectivity index (χ2v) is 8.95. The smallest absolute Gasteiger partial charge is 0.179 e. The van der Waals surface area contributed by atoms with Gasteiger partial charge in [0.2, 0.25) is 0 Å². The standard InChI is InChI=1S/C19H20N2O2S2/c1-15-18(14-16-8-4-2-5-9-16)21-19(20-15)24-12-13-25(22,23)17-10-6-3-7-11-17/h2-11H,12-14H2,1H3,(H,20,21). The van der Waals surface area contributed by atoms with Crippen molar-refractivity contribution in [2.24, 2.45) is 0 Å². The van der Waals surface area contributed by atoms with Gasteiger partial charge < -0.3 is 4.98 Å². The van der Waals surface area contributed by atoms with Gasteiger partial charge in [0.05, 0.1) is 16.3 Å². The van der Waals surface area contributed by atoms with Gasteiger partial charge in [0, 0.05) is 17.9 Å². The van der Waals surface area contributed by atoms with Crippen LogP contribution in [0.5, 0.6) is 0 Å². The zero-order valence-electron chi connectivity index (χ0n) is 14.0. The number of aromatic nitrogens is 2. The molecular weight excluding hydrogens is 352 g/mol. The molecule has 3 rings (SSSR count). The Bertz CT molecular complexity index is 921. The lowest BCUT2D eigenvalue weighted by Gasteiger charge is -2.03. The molecule has 4 nitrogen and oxygen atoms in total. The summed E-state index contributed by atoms with van der Waals surface area (Å²) in [5, 5.41) is 0.770. The van der Waals surface area contributed by atoms with Crippen LogP contribution in [0.2, 0.25) is 0 Å². The summed E-state index contributed by atoms with van der Waals surface area (Å²) in [6, 6.07) is 18.7. The third kappa shape index (κ3) is 4.74. The highest BCUT2D eigenvalue weighted by atomic mass is 32.2. The average Bonchev–Trinajstić information content (AvgIpc) is 2.96. The number of H-pyrrole nitrogens is 1. The Hall–Kier alpha value is -2.05. The van der Waals surface area contributed by atoms with E-state index in [0.717, 1.165) is 23.0 Å². The number of imidazole rings is 1. The maximum Gasteiger partial charge on any atom is 0.179 e. The molecule has 0 fully saturated rings. The van der Waals surface area contributed by atoms with Crippen molar-refractivity contribution >= 4 is 21.6 Å². The van der Waals surface area contributed by atoms with E-state index < -0.39 is 9.84 Å². The molecule has 0 amide bonds. The van der Waals surface area contributed by atoms with Crippen LogP contribution in [0.4, 0.5) is 0 Å². The van der Waals surface area contributed by atoms with E-state index in [2.05, 4.69) is 22.1 Å². The lowest BCUT2D eigenvalue weighted by atomic mass is 10.1. The first kappa shape index (κ1) is 17.8. The lowest BCUT2D eigenvalue weighted by molar-refractivity contribution is 0.597. The van der Waals surface area contributed by atoms with Crippen molar-refractivity contribution in [3.8, 4) is 0 Å². The van der Waals surface area contributed by atoms with Gasteiger partial charge in [-0.05, 0) is 24.6 Å². The summed E-state index contributed by atoms with van der Waals surface area (Å²) >= 11 is 1.44. The van der Waals surface area contributed by atoms with E-state index in [1.165, 1.54) is 17.3 Å². The molecule has 130 valence electrons. The molecule has 0 bridgehead atoms. The largest absolute Gasteiger partial charge is 0.337 e. The van der Waals surface area contributed by atoms with E-state index in [-0.39, 0.29) is 5.75 Å². The Morgan fingerprint density at radius 1 is 1.00 bits per heavy atom. The Balaban J connectivity index is 1.60. The van der Waals surface area contributed by atoms with Gasteiger partial charge in [0.15, 0.2) is 15.0 Å². The van der Waals surface area contributed by atoms with Gasteiger partial charge in [-0.25, -0.2) is 13.4 Å². The monoisotopic (exact) mass is 372 g/mol. The molecule has 0 aliphatic rings. The molecule has 0 spiro atoms. The number of nitrogens with zero attached hydrogens (tertiary/aromatic N) is 1. The molecule has 6 heteroatoms. The minimum Gasteiger partial charge on any atom is -0.337 e. The summed E-state index contributed by atoms with van der Waals surface area (Å²) < 4.78 is 24.6. The van der Waals surface area contributed by atoms with Gasteiger partial charge in [-0.3, -0.25) is 0 Å². The number of sulfone groups is 1. The van der Waals surface area contributed by atoms with Gasteiger partial charge in [0.25, 0.3) is 0 Å². The van der Waals surface area contributed by atoms with E-state index in [9.17, 15) is 8.42 Å². The van der Waals surface area contributed by atoms with Crippen molar-refractivity contribution in [2.45, 2.75) is 23.4 Å². The van der Waals surface area contributed by atoms with Gasteiger partial charge >= 0.3 is 0 Å². The number of thioether (sulfide) groups is 1. The maximum atomic E-state index is 12.3. The Morgan fingerprint density at radius 3 is 2.32 bits per heavy atom. The lowest BCUT2D eigenvalue weighted by Crippen LogP contribution is -2.08. The molecule has 0 aliphatic carbocycles. The highest BCUT2D eigenvalue weighted by Gasteiger charge is 2.15. The van der Waals surface area contributed by atoms with Crippen LogP contribution in [0.15, 0.2) is 70.7 Å². The minimum atomic E-state index is -3.24. The van der Waals surface area contributed by atoms with Crippen LogP contribution in [0.1, 0.15) is 17.0 Å². The quantitative estimate of drug-likeness (QED) is 0.640. The van der Waals surface area contributed by atoms with E-state index in [4.69, 9.17) is 0 Å². The van der Waals surface area contributed by atoms with Gasteiger partial charge in [0.1, 0.15) is 0 Å². The first-order chi connectivity index (χ1) is 12.0. The normalized spacial score (nSPS) is 11.6. The molecule has 0 unspecified atom stereocenters. The van der Waals surface area contributed by atoms with Gasteiger partial charge in [-0.2, -0.15) is 0 Å². The van der Waals surface area contributed by atoms with Gasteiger partial charge in [-0.15, -0.1) is 0 Å². The first-order valence-corrected chi connectivity index (χ1v) is 10.7. The number of aromatic amines is 1. The average molecular weight is 373 g/mol. The van der Waals surface area contributed by atoms with Crippen LogP contribution in [0, 0.1) is 6.92 Å². The summed E-state index contributed by atoms with van der Waals surface area (Å²) in [5.74, 6) is 0.560. The summed E-state index contributed by atoms with van der Waals surface area (Å²) in [7, 11) is -3.24. The molecule has 0 aliphatic heterocycles. The molecule has 0 radical (unpaired) electrons. The van der Waals surface area contributed by atoms with E-state index in [1.54, 1.807) is 24.3 Å². The van der Waals surface area contributed by atoms with E-state index >= 15 is 0 Å². The second-order valence-electron chi connectivity index (χ2n) is 5.76. The minimum absolute atomic E-state index is 0.0927. The predicted octanol–water partition coefficient (Wildman–Crippen LogP) is 3.87. The van der Waals surface area contributed by atoms with Crippen molar-refractivity contribution in [1.82, 2.24) is 9.97 Å². The number of rotatable bonds is 7. The molecule has 2 aromatic carbocycles. The number of aryl methyl sites for hydroxylation is 1. The summed E-state index contributed by atoms with van der Waals surface area (Å²) in [6.45, 7) is 2.00. The fourth-order valence-electron chi connectivity index (χ4n) is 2.49. The Kier molecular flexibility index (Phi) is 5.60. The SMILES string of the molecule is Cc1[nH]c(SCCS(=O)(=O)c2ccccc2)nc1Cc1ccccc1. The van der Waals surface area contributed by atoms with Gasteiger partial charge in [-0.1, -0.05) is 60.3 Å². The molecule has 3 aromatic rings. The fourth-order valence-corrected chi connectivity index (χ4v) is 5.10. The fraction of sp³-hybridized carbons (Fsp3) is 0.211. The zero-order chi connectivity index (χ0) is 17.7. The topological polar surface area (TPSA) is 62.8 Å². The van der Waals surface area contributed by atoms with Crippen LogP contribution in [0.3, 0.4) is 0 Å². The van der Waals surface area contributed by atoms with Crippen LogP contribution in [-0.4, -0.2) is 29.9 Å². The van der Waals surface area contributed by atoms with E-state index in [1.807, 2.05) is 31.2 Å². The van der Waals surface area contributed by atoms with Crippen molar-refractivity contribution in [2.75, 3.05) is 11.5 Å². The van der Waals surface area contributed by atoms with Crippen molar-refractivity contribution < 1.29 is 8.42 Å². The zero-order valence-corrected chi connectivity index (χ0v) is 15.6. The number of hydrogen-bond donors (Lipinski definition) is 1. The van der Waals surface area contributed by atoms with Crippen molar-refractivity contribution in [3.05, 3.63) is 77.6 Å². The molecule has 1 N–H and O–H groups in total. The third-order valence-electron chi connectivity index (χ3n) is 3.87. The van der Waals surface area contributed by atoms with Crippen LogP contribution in [-0.2, 0) is 16.3 Å². The second kappa shape index (κ2) is 7.89. The predicted molar refractivity (Wildman–Crippen MR) is 102 cm³/mol. The number of nitrogens with one attached hydrogen (secondary N) is 1. The van der Waals surface area contributed by atoms with Crippen LogP contribution >= 0.6 is 11.8 Å². The number of hydrogen-bond acceptors (Lipinski definition) is 4.